The maximum atomic E-state index is 12.0. The highest BCUT2D eigenvalue weighted by Gasteiger charge is 2.18. The highest BCUT2D eigenvalue weighted by Crippen LogP contribution is 2.28. The van der Waals surface area contributed by atoms with Crippen molar-refractivity contribution in [3.63, 3.8) is 0 Å². The Balaban J connectivity index is 1.54. The first-order valence-corrected chi connectivity index (χ1v) is 11.6. The number of aromatic nitrogens is 4. The van der Waals surface area contributed by atoms with Crippen LogP contribution in [0.1, 0.15) is 44.0 Å². The maximum absolute atomic E-state index is 12.0. The molecule has 0 spiro atoms. The molecule has 33 heavy (non-hydrogen) atoms. The number of carbonyl (C=O) groups excluding carboxylic acids is 1. The Bertz CT molecular complexity index is 1240. The molecule has 0 bridgehead atoms. The Hall–Kier alpha value is -3.68. The third-order valence-electron chi connectivity index (χ3n) is 5.88. The van der Waals surface area contributed by atoms with Gasteiger partial charge in [-0.1, -0.05) is 43.7 Å². The number of rotatable bonds is 10. The van der Waals surface area contributed by atoms with Gasteiger partial charge in [-0.15, -0.1) is 0 Å². The number of imidazole rings is 1. The van der Waals surface area contributed by atoms with Crippen LogP contribution < -0.4 is 11.5 Å². The van der Waals surface area contributed by atoms with Gasteiger partial charge in [0.25, 0.3) is 0 Å². The zero-order valence-electron chi connectivity index (χ0n) is 19.1. The summed E-state index contributed by atoms with van der Waals surface area (Å²) in [5.41, 5.74) is 16.2. The fourth-order valence-corrected chi connectivity index (χ4v) is 4.18. The number of benzene rings is 1. The van der Waals surface area contributed by atoms with Crippen molar-refractivity contribution in [1.29, 1.82) is 0 Å². The predicted molar refractivity (Wildman–Crippen MR) is 132 cm³/mol. The SMILES string of the molecule is CCCCc1nc2c(N)nc3cccnc3c2n1CCCCN(Cc1ccccc1)C(N)=O. The van der Waals surface area contributed by atoms with E-state index in [1.807, 2.05) is 42.5 Å². The lowest BCUT2D eigenvalue weighted by molar-refractivity contribution is 0.203. The van der Waals surface area contributed by atoms with Crippen LogP contribution in [-0.2, 0) is 19.5 Å². The molecular weight excluding hydrogens is 414 g/mol. The van der Waals surface area contributed by atoms with Crippen LogP contribution >= 0.6 is 0 Å². The van der Waals surface area contributed by atoms with E-state index in [4.69, 9.17) is 16.5 Å². The first kappa shape index (κ1) is 22.5. The Morgan fingerprint density at radius 2 is 1.85 bits per heavy atom. The highest BCUT2D eigenvalue weighted by molar-refractivity contribution is 6.04. The van der Waals surface area contributed by atoms with E-state index in [9.17, 15) is 4.79 Å². The van der Waals surface area contributed by atoms with Gasteiger partial charge in [-0.3, -0.25) is 4.98 Å². The Morgan fingerprint density at radius 1 is 1.03 bits per heavy atom. The van der Waals surface area contributed by atoms with Crippen molar-refractivity contribution in [2.45, 2.75) is 52.1 Å². The number of carbonyl (C=O) groups is 1. The fourth-order valence-electron chi connectivity index (χ4n) is 4.18. The molecule has 0 saturated heterocycles. The Labute approximate surface area is 193 Å². The van der Waals surface area contributed by atoms with Crippen molar-refractivity contribution < 1.29 is 4.79 Å². The average Bonchev–Trinajstić information content (AvgIpc) is 3.19. The second kappa shape index (κ2) is 10.3. The molecule has 2 amide bonds. The summed E-state index contributed by atoms with van der Waals surface area (Å²) in [6.45, 7) is 4.06. The Morgan fingerprint density at radius 3 is 2.61 bits per heavy atom. The molecule has 3 heterocycles. The molecule has 8 heteroatoms. The lowest BCUT2D eigenvalue weighted by atomic mass is 10.2. The van der Waals surface area contributed by atoms with E-state index in [1.54, 1.807) is 11.1 Å². The number of hydrogen-bond acceptors (Lipinski definition) is 5. The molecule has 0 fully saturated rings. The van der Waals surface area contributed by atoms with Crippen LogP contribution in [0.4, 0.5) is 10.6 Å². The highest BCUT2D eigenvalue weighted by atomic mass is 16.2. The largest absolute Gasteiger partial charge is 0.382 e. The summed E-state index contributed by atoms with van der Waals surface area (Å²) in [6.07, 6.45) is 6.49. The summed E-state index contributed by atoms with van der Waals surface area (Å²) < 4.78 is 2.24. The van der Waals surface area contributed by atoms with Crippen molar-refractivity contribution in [2.75, 3.05) is 12.3 Å². The van der Waals surface area contributed by atoms with Gasteiger partial charge in [0.2, 0.25) is 0 Å². The van der Waals surface area contributed by atoms with Gasteiger partial charge in [-0.05, 0) is 37.0 Å². The minimum Gasteiger partial charge on any atom is -0.382 e. The van der Waals surface area contributed by atoms with Gasteiger partial charge in [0.05, 0.1) is 5.52 Å². The monoisotopic (exact) mass is 445 g/mol. The van der Waals surface area contributed by atoms with Crippen LogP contribution in [-0.4, -0.2) is 37.0 Å². The van der Waals surface area contributed by atoms with Crippen LogP contribution in [0.3, 0.4) is 0 Å². The van der Waals surface area contributed by atoms with Crippen LogP contribution in [0.25, 0.3) is 22.1 Å². The summed E-state index contributed by atoms with van der Waals surface area (Å²) in [7, 11) is 0. The molecule has 0 aliphatic heterocycles. The number of nitrogens with two attached hydrogens (primary N) is 2. The molecule has 172 valence electrons. The number of amides is 2. The van der Waals surface area contributed by atoms with E-state index < -0.39 is 6.03 Å². The van der Waals surface area contributed by atoms with Crippen molar-refractivity contribution >= 4 is 33.9 Å². The van der Waals surface area contributed by atoms with Crippen molar-refractivity contribution in [3.8, 4) is 0 Å². The molecule has 8 nitrogen and oxygen atoms in total. The molecule has 0 aliphatic rings. The third-order valence-corrected chi connectivity index (χ3v) is 5.88. The number of nitrogen functional groups attached to an aromatic ring is 1. The normalized spacial score (nSPS) is 11.3. The predicted octanol–water partition coefficient (Wildman–Crippen LogP) is 4.27. The minimum absolute atomic E-state index is 0.399. The third kappa shape index (κ3) is 5.05. The number of anilines is 1. The molecule has 0 unspecified atom stereocenters. The van der Waals surface area contributed by atoms with E-state index in [-0.39, 0.29) is 0 Å². The smallest absolute Gasteiger partial charge is 0.315 e. The van der Waals surface area contributed by atoms with Gasteiger partial charge in [-0.2, -0.15) is 0 Å². The first-order chi connectivity index (χ1) is 16.1. The number of pyridine rings is 2. The average molecular weight is 446 g/mol. The molecule has 1 aromatic carbocycles. The number of urea groups is 1. The lowest BCUT2D eigenvalue weighted by Gasteiger charge is -2.20. The summed E-state index contributed by atoms with van der Waals surface area (Å²) in [5, 5.41) is 0. The Kier molecular flexibility index (Phi) is 7.02. The van der Waals surface area contributed by atoms with Gasteiger partial charge in [0.15, 0.2) is 5.82 Å². The second-order valence-electron chi connectivity index (χ2n) is 8.30. The minimum atomic E-state index is -0.399. The number of hydrogen-bond donors (Lipinski definition) is 2. The topological polar surface area (TPSA) is 116 Å². The maximum Gasteiger partial charge on any atom is 0.315 e. The summed E-state index contributed by atoms with van der Waals surface area (Å²) >= 11 is 0. The quantitative estimate of drug-likeness (QED) is 0.354. The lowest BCUT2D eigenvalue weighted by Crippen LogP contribution is -2.36. The van der Waals surface area contributed by atoms with Gasteiger partial charge < -0.3 is 20.9 Å². The molecule has 0 aliphatic carbocycles. The molecule has 3 aromatic heterocycles. The van der Waals surface area contributed by atoms with Crippen LogP contribution in [0.5, 0.6) is 0 Å². The van der Waals surface area contributed by atoms with Crippen LogP contribution in [0.15, 0.2) is 48.7 Å². The molecule has 4 N–H and O–H groups in total. The fraction of sp³-hybridized carbons (Fsp3) is 0.360. The van der Waals surface area contributed by atoms with E-state index >= 15 is 0 Å². The number of unbranched alkanes of at least 4 members (excludes halogenated alkanes) is 2. The van der Waals surface area contributed by atoms with E-state index in [0.717, 1.165) is 72.1 Å². The molecular formula is C25H31N7O. The zero-order valence-corrected chi connectivity index (χ0v) is 19.1. The number of fused-ring (bicyclic) bond motifs is 3. The van der Waals surface area contributed by atoms with Crippen molar-refractivity contribution in [2.24, 2.45) is 5.73 Å². The van der Waals surface area contributed by atoms with Gasteiger partial charge >= 0.3 is 6.03 Å². The standard InChI is InChI=1S/C25H31N7O/c1-2-3-13-20-30-22-23(21-19(29-24(22)26)12-9-14-28-21)32(20)16-8-7-15-31(25(27)33)17-18-10-5-4-6-11-18/h4-6,9-12,14H,2-3,7-8,13,15-17H2,1H3,(H2,26,29)(H2,27,33). The summed E-state index contributed by atoms with van der Waals surface area (Å²) in [5.74, 6) is 1.44. The van der Waals surface area contributed by atoms with E-state index in [1.165, 1.54) is 0 Å². The van der Waals surface area contributed by atoms with Gasteiger partial charge in [0, 0.05) is 32.3 Å². The number of primary amides is 1. The number of aryl methyl sites for hydroxylation is 2. The van der Waals surface area contributed by atoms with Crippen LogP contribution in [0.2, 0.25) is 0 Å². The molecule has 4 rings (SSSR count). The zero-order chi connectivity index (χ0) is 23.2. The molecule has 0 radical (unpaired) electrons. The summed E-state index contributed by atoms with van der Waals surface area (Å²) in [4.78, 5) is 27.6. The van der Waals surface area contributed by atoms with E-state index in [2.05, 4.69) is 21.5 Å². The summed E-state index contributed by atoms with van der Waals surface area (Å²) in [6, 6.07) is 13.3. The molecule has 4 aromatic rings. The van der Waals surface area contributed by atoms with Crippen LogP contribution in [0, 0.1) is 0 Å². The molecule has 0 saturated carbocycles. The second-order valence-corrected chi connectivity index (χ2v) is 8.30. The van der Waals surface area contributed by atoms with E-state index in [0.29, 0.717) is 18.9 Å². The van der Waals surface area contributed by atoms with Crippen molar-refractivity contribution in [1.82, 2.24) is 24.4 Å². The number of nitrogens with zero attached hydrogens (tertiary/aromatic N) is 5. The molecule has 0 atom stereocenters. The van der Waals surface area contributed by atoms with Gasteiger partial charge in [0.1, 0.15) is 22.4 Å². The first-order valence-electron chi connectivity index (χ1n) is 11.6. The van der Waals surface area contributed by atoms with Gasteiger partial charge in [-0.25, -0.2) is 14.8 Å². The van der Waals surface area contributed by atoms with Crippen molar-refractivity contribution in [3.05, 3.63) is 60.0 Å².